The van der Waals surface area contributed by atoms with Crippen molar-refractivity contribution in [3.8, 4) is 22.5 Å². The Morgan fingerprint density at radius 3 is 1.49 bits per heavy atom. The van der Waals surface area contributed by atoms with E-state index < -0.39 is 0 Å². The van der Waals surface area contributed by atoms with Gasteiger partial charge in [0.05, 0.1) is 22.1 Å². The molecule has 0 aliphatic rings. The SMILES string of the molecule is Clc1ccc2c3c(-c4cccc5c4c4ccccc4n5-c4ccccc4)cccc3n(-c3ccccc3)c2c1. The second-order valence-electron chi connectivity index (χ2n) is 9.92. The number of fused-ring (bicyclic) bond motifs is 6. The first-order valence-electron chi connectivity index (χ1n) is 13.2. The Labute approximate surface area is 230 Å². The summed E-state index contributed by atoms with van der Waals surface area (Å²) in [5.74, 6) is 0. The van der Waals surface area contributed by atoms with Crippen LogP contribution in [-0.2, 0) is 0 Å². The average molecular weight is 519 g/mol. The fourth-order valence-electron chi connectivity index (χ4n) is 6.22. The predicted molar refractivity (Wildman–Crippen MR) is 166 cm³/mol. The van der Waals surface area contributed by atoms with Gasteiger partial charge in [0.1, 0.15) is 0 Å². The molecule has 0 atom stereocenters. The first-order valence-corrected chi connectivity index (χ1v) is 13.5. The quantitative estimate of drug-likeness (QED) is 0.220. The van der Waals surface area contributed by atoms with Gasteiger partial charge in [-0.1, -0.05) is 96.5 Å². The second-order valence-corrected chi connectivity index (χ2v) is 10.4. The molecule has 8 aromatic rings. The van der Waals surface area contributed by atoms with E-state index >= 15 is 0 Å². The van der Waals surface area contributed by atoms with Crippen LogP contribution in [0.3, 0.4) is 0 Å². The van der Waals surface area contributed by atoms with E-state index in [1.807, 2.05) is 6.07 Å². The van der Waals surface area contributed by atoms with E-state index in [0.29, 0.717) is 0 Å². The van der Waals surface area contributed by atoms with Crippen molar-refractivity contribution >= 4 is 55.2 Å². The maximum Gasteiger partial charge on any atom is 0.0556 e. The largest absolute Gasteiger partial charge is 0.309 e. The maximum atomic E-state index is 6.55. The van der Waals surface area contributed by atoms with Crippen LogP contribution in [0.4, 0.5) is 0 Å². The van der Waals surface area contributed by atoms with Crippen LogP contribution in [0.5, 0.6) is 0 Å². The van der Waals surface area contributed by atoms with Crippen LogP contribution >= 0.6 is 11.6 Å². The van der Waals surface area contributed by atoms with Crippen LogP contribution in [0.25, 0.3) is 66.1 Å². The molecule has 39 heavy (non-hydrogen) atoms. The van der Waals surface area contributed by atoms with Crippen molar-refractivity contribution in [3.05, 3.63) is 145 Å². The number of hydrogen-bond acceptors (Lipinski definition) is 0. The lowest BCUT2D eigenvalue weighted by atomic mass is 9.95. The van der Waals surface area contributed by atoms with Crippen molar-refractivity contribution in [1.29, 1.82) is 0 Å². The van der Waals surface area contributed by atoms with E-state index in [1.165, 1.54) is 49.2 Å². The van der Waals surface area contributed by atoms with E-state index in [4.69, 9.17) is 11.6 Å². The van der Waals surface area contributed by atoms with Crippen molar-refractivity contribution < 1.29 is 0 Å². The first kappa shape index (κ1) is 22.2. The van der Waals surface area contributed by atoms with Crippen LogP contribution < -0.4 is 0 Å². The summed E-state index contributed by atoms with van der Waals surface area (Å²) >= 11 is 6.55. The number of benzene rings is 6. The minimum atomic E-state index is 0.733. The van der Waals surface area contributed by atoms with Crippen LogP contribution in [-0.4, -0.2) is 9.13 Å². The average Bonchev–Trinajstić information content (AvgIpc) is 3.50. The molecule has 0 saturated heterocycles. The topological polar surface area (TPSA) is 9.86 Å². The molecule has 8 rings (SSSR count). The molecule has 0 aliphatic heterocycles. The molecule has 2 nitrogen and oxygen atoms in total. The molecule has 0 aliphatic carbocycles. The lowest BCUT2D eigenvalue weighted by Gasteiger charge is -2.10. The fourth-order valence-corrected chi connectivity index (χ4v) is 6.39. The van der Waals surface area contributed by atoms with Gasteiger partial charge in [0.15, 0.2) is 0 Å². The highest BCUT2D eigenvalue weighted by molar-refractivity contribution is 6.32. The standard InChI is InChI=1S/C36H23ClN2/c37-24-21-22-30-34(23-24)39(26-13-5-2-6-14-26)33-20-10-17-28(36(30)33)27-16-9-19-32-35(27)29-15-7-8-18-31(29)38(32)25-11-3-1-4-12-25/h1-23H. The van der Waals surface area contributed by atoms with Gasteiger partial charge in [-0.15, -0.1) is 0 Å². The lowest BCUT2D eigenvalue weighted by molar-refractivity contribution is 1.18. The molecule has 6 aromatic carbocycles. The van der Waals surface area contributed by atoms with Gasteiger partial charge in [-0.25, -0.2) is 0 Å². The highest BCUT2D eigenvalue weighted by Crippen LogP contribution is 2.44. The van der Waals surface area contributed by atoms with E-state index in [1.54, 1.807) is 0 Å². The molecule has 0 bridgehead atoms. The minimum Gasteiger partial charge on any atom is -0.309 e. The molecule has 2 heterocycles. The normalized spacial score (nSPS) is 11.7. The highest BCUT2D eigenvalue weighted by Gasteiger charge is 2.20. The summed E-state index contributed by atoms with van der Waals surface area (Å²) in [5.41, 5.74) is 9.41. The van der Waals surface area contributed by atoms with E-state index in [2.05, 4.69) is 143 Å². The number of nitrogens with zero attached hydrogens (tertiary/aromatic N) is 2. The van der Waals surface area contributed by atoms with E-state index in [9.17, 15) is 0 Å². The molecule has 3 heteroatoms. The lowest BCUT2D eigenvalue weighted by Crippen LogP contribution is -1.93. The summed E-state index contributed by atoms with van der Waals surface area (Å²) < 4.78 is 4.70. The van der Waals surface area contributed by atoms with Gasteiger partial charge >= 0.3 is 0 Å². The summed E-state index contributed by atoms with van der Waals surface area (Å²) in [5, 5.41) is 5.67. The summed E-state index contributed by atoms with van der Waals surface area (Å²) in [6.07, 6.45) is 0. The number of hydrogen-bond donors (Lipinski definition) is 0. The van der Waals surface area contributed by atoms with Gasteiger partial charge < -0.3 is 9.13 Å². The van der Waals surface area contributed by atoms with Crippen LogP contribution in [0.2, 0.25) is 5.02 Å². The molecule has 0 spiro atoms. The Bertz CT molecular complexity index is 2170. The third-order valence-electron chi connectivity index (χ3n) is 7.77. The van der Waals surface area contributed by atoms with E-state index in [0.717, 1.165) is 21.9 Å². The maximum absolute atomic E-state index is 6.55. The van der Waals surface area contributed by atoms with Crippen molar-refractivity contribution in [2.24, 2.45) is 0 Å². The van der Waals surface area contributed by atoms with Crippen molar-refractivity contribution in [1.82, 2.24) is 9.13 Å². The monoisotopic (exact) mass is 518 g/mol. The van der Waals surface area contributed by atoms with Gasteiger partial charge in [-0.05, 0) is 65.7 Å². The molecule has 0 unspecified atom stereocenters. The van der Waals surface area contributed by atoms with Gasteiger partial charge in [0.25, 0.3) is 0 Å². The number of halogens is 1. The molecular formula is C36H23ClN2. The van der Waals surface area contributed by atoms with Crippen LogP contribution in [0.1, 0.15) is 0 Å². The zero-order valence-electron chi connectivity index (χ0n) is 21.1. The molecule has 0 radical (unpaired) electrons. The predicted octanol–water partition coefficient (Wildman–Crippen LogP) is 10.2. The highest BCUT2D eigenvalue weighted by atomic mass is 35.5. The third-order valence-corrected chi connectivity index (χ3v) is 8.01. The van der Waals surface area contributed by atoms with Gasteiger partial charge in [-0.2, -0.15) is 0 Å². The van der Waals surface area contributed by atoms with Crippen molar-refractivity contribution in [2.45, 2.75) is 0 Å². The van der Waals surface area contributed by atoms with Crippen molar-refractivity contribution in [2.75, 3.05) is 0 Å². The molecule has 0 N–H and O–H groups in total. The Morgan fingerprint density at radius 1 is 0.385 bits per heavy atom. The summed E-state index contributed by atoms with van der Waals surface area (Å²) in [7, 11) is 0. The molecule has 0 fully saturated rings. The second kappa shape index (κ2) is 8.62. The van der Waals surface area contributed by atoms with Gasteiger partial charge in [-0.3, -0.25) is 0 Å². The Kier molecular flexibility index (Phi) is 4.91. The smallest absolute Gasteiger partial charge is 0.0556 e. The van der Waals surface area contributed by atoms with Crippen LogP contribution in [0, 0.1) is 0 Å². The third kappa shape index (κ3) is 3.29. The van der Waals surface area contributed by atoms with Crippen molar-refractivity contribution in [3.63, 3.8) is 0 Å². The first-order chi connectivity index (χ1) is 19.3. The minimum absolute atomic E-state index is 0.733. The molecule has 0 saturated carbocycles. The number of para-hydroxylation sites is 3. The van der Waals surface area contributed by atoms with Crippen LogP contribution in [0.15, 0.2) is 140 Å². The molecular weight excluding hydrogens is 496 g/mol. The van der Waals surface area contributed by atoms with E-state index in [-0.39, 0.29) is 0 Å². The Balaban J connectivity index is 1.53. The number of rotatable bonds is 3. The summed E-state index contributed by atoms with van der Waals surface area (Å²) in [6.45, 7) is 0. The molecule has 184 valence electrons. The Morgan fingerprint density at radius 2 is 0.872 bits per heavy atom. The number of aromatic nitrogens is 2. The van der Waals surface area contributed by atoms with Gasteiger partial charge in [0, 0.05) is 37.9 Å². The zero-order valence-corrected chi connectivity index (χ0v) is 21.8. The summed E-state index contributed by atoms with van der Waals surface area (Å²) in [6, 6.07) is 49.4. The zero-order chi connectivity index (χ0) is 25.9. The summed E-state index contributed by atoms with van der Waals surface area (Å²) in [4.78, 5) is 0. The fraction of sp³-hybridized carbons (Fsp3) is 0. The molecule has 2 aromatic heterocycles. The van der Waals surface area contributed by atoms with Gasteiger partial charge in [0.2, 0.25) is 0 Å². The Hall–Kier alpha value is -4.79. The molecule has 0 amide bonds.